The van der Waals surface area contributed by atoms with Crippen LogP contribution in [0.1, 0.15) is 101 Å². The van der Waals surface area contributed by atoms with E-state index in [2.05, 4.69) is 72.3 Å². The Morgan fingerprint density at radius 1 is 0.543 bits per heavy atom. The summed E-state index contributed by atoms with van der Waals surface area (Å²) in [5.74, 6) is 1.44. The summed E-state index contributed by atoms with van der Waals surface area (Å²) in [4.78, 5) is 9.03. The highest BCUT2D eigenvalue weighted by Gasteiger charge is 2.04. The van der Waals surface area contributed by atoms with Gasteiger partial charge in [-0.15, -0.1) is 0 Å². The molecule has 0 atom stereocenters. The highest BCUT2D eigenvalue weighted by atomic mass is 16.5. The topological polar surface area (TPSA) is 35.0 Å². The van der Waals surface area contributed by atoms with Gasteiger partial charge in [0.2, 0.25) is 0 Å². The van der Waals surface area contributed by atoms with E-state index in [1.165, 1.54) is 93.7 Å². The molecule has 3 heteroatoms. The van der Waals surface area contributed by atoms with Gasteiger partial charge in [0.15, 0.2) is 11.6 Å². The summed E-state index contributed by atoms with van der Waals surface area (Å²) in [5, 5.41) is 0. The highest BCUT2D eigenvalue weighted by molar-refractivity contribution is 5.55. The first kappa shape index (κ1) is 26.9. The molecule has 3 nitrogen and oxygen atoms in total. The minimum Gasteiger partial charge on any atom is -0.486 e. The van der Waals surface area contributed by atoms with E-state index in [-0.39, 0.29) is 0 Å². The Hall–Kier alpha value is -2.68. The standard InChI is InChI=1S/C32H44N2O/c1-3-5-7-8-9-10-11-13-15-27-16-18-29(19-17-27)26-35-31-24-33-32(34-25-31)30-22-20-28(21-23-30)14-12-6-4-2/h16-25H,3-15,26H2,1-2H3. The number of nitrogens with zero attached hydrogens (tertiary/aromatic N) is 2. The first-order valence-electron chi connectivity index (χ1n) is 13.9. The molecule has 0 unspecified atom stereocenters. The van der Waals surface area contributed by atoms with Crippen LogP contribution in [0.25, 0.3) is 11.4 Å². The summed E-state index contributed by atoms with van der Waals surface area (Å²) in [7, 11) is 0. The van der Waals surface area contributed by atoms with E-state index in [0.29, 0.717) is 12.4 Å². The molecular weight excluding hydrogens is 428 g/mol. The van der Waals surface area contributed by atoms with Crippen molar-refractivity contribution >= 4 is 0 Å². The van der Waals surface area contributed by atoms with Crippen LogP contribution >= 0.6 is 0 Å². The lowest BCUT2D eigenvalue weighted by atomic mass is 10.0. The Morgan fingerprint density at radius 2 is 1.00 bits per heavy atom. The Balaban J connectivity index is 1.36. The van der Waals surface area contributed by atoms with E-state index in [0.717, 1.165) is 17.8 Å². The molecule has 0 radical (unpaired) electrons. The van der Waals surface area contributed by atoms with Crippen molar-refractivity contribution in [2.75, 3.05) is 0 Å². The molecule has 35 heavy (non-hydrogen) atoms. The SMILES string of the molecule is CCCCCCCCCCc1ccc(COc2cnc(-c3ccc(CCCCC)cc3)nc2)cc1. The Kier molecular flexibility index (Phi) is 12.4. The minimum atomic E-state index is 0.535. The van der Waals surface area contributed by atoms with Gasteiger partial charge in [0, 0.05) is 5.56 Å². The van der Waals surface area contributed by atoms with Crippen molar-refractivity contribution in [3.8, 4) is 17.1 Å². The first-order chi connectivity index (χ1) is 17.3. The van der Waals surface area contributed by atoms with Crippen molar-refractivity contribution in [2.24, 2.45) is 0 Å². The van der Waals surface area contributed by atoms with Crippen LogP contribution in [0.3, 0.4) is 0 Å². The fraction of sp³-hybridized carbons (Fsp3) is 0.500. The number of aryl methyl sites for hydroxylation is 2. The molecule has 0 bridgehead atoms. The summed E-state index contributed by atoms with van der Waals surface area (Å²) in [5.41, 5.74) is 5.02. The molecule has 0 amide bonds. The second kappa shape index (κ2) is 16.1. The average Bonchev–Trinajstić information content (AvgIpc) is 2.90. The lowest BCUT2D eigenvalue weighted by Crippen LogP contribution is -1.98. The number of aromatic nitrogens is 2. The summed E-state index contributed by atoms with van der Waals surface area (Å²) < 4.78 is 5.93. The number of hydrogen-bond acceptors (Lipinski definition) is 3. The maximum atomic E-state index is 5.93. The zero-order valence-electron chi connectivity index (χ0n) is 22.0. The molecule has 1 aromatic heterocycles. The van der Waals surface area contributed by atoms with Gasteiger partial charge in [-0.25, -0.2) is 9.97 Å². The van der Waals surface area contributed by atoms with Crippen molar-refractivity contribution in [1.29, 1.82) is 0 Å². The van der Waals surface area contributed by atoms with Gasteiger partial charge in [-0.1, -0.05) is 120 Å². The quantitative estimate of drug-likeness (QED) is 0.184. The molecule has 0 aliphatic carbocycles. The Labute approximate surface area is 213 Å². The highest BCUT2D eigenvalue weighted by Crippen LogP contribution is 2.19. The number of benzene rings is 2. The molecule has 188 valence electrons. The molecule has 0 N–H and O–H groups in total. The zero-order valence-corrected chi connectivity index (χ0v) is 22.0. The van der Waals surface area contributed by atoms with E-state index in [1.54, 1.807) is 12.4 Å². The van der Waals surface area contributed by atoms with E-state index in [1.807, 2.05) is 0 Å². The number of hydrogen-bond donors (Lipinski definition) is 0. The second-order valence-electron chi connectivity index (χ2n) is 9.73. The third-order valence-corrected chi connectivity index (χ3v) is 6.66. The van der Waals surface area contributed by atoms with Gasteiger partial charge < -0.3 is 4.74 Å². The van der Waals surface area contributed by atoms with Crippen LogP contribution in [0, 0.1) is 0 Å². The molecule has 0 fully saturated rings. The van der Waals surface area contributed by atoms with Crippen LogP contribution in [0.15, 0.2) is 60.9 Å². The Bertz CT molecular complexity index is 933. The van der Waals surface area contributed by atoms with Crippen molar-refractivity contribution in [2.45, 2.75) is 104 Å². The van der Waals surface area contributed by atoms with Crippen LogP contribution in [0.5, 0.6) is 5.75 Å². The average molecular weight is 473 g/mol. The van der Waals surface area contributed by atoms with Gasteiger partial charge in [-0.3, -0.25) is 0 Å². The summed E-state index contributed by atoms with van der Waals surface area (Å²) in [6.45, 7) is 5.05. The van der Waals surface area contributed by atoms with Crippen molar-refractivity contribution in [3.63, 3.8) is 0 Å². The maximum Gasteiger partial charge on any atom is 0.159 e. The molecule has 2 aromatic carbocycles. The van der Waals surface area contributed by atoms with Gasteiger partial charge in [0.05, 0.1) is 12.4 Å². The van der Waals surface area contributed by atoms with Gasteiger partial charge in [0.1, 0.15) is 6.61 Å². The third-order valence-electron chi connectivity index (χ3n) is 6.66. The largest absolute Gasteiger partial charge is 0.486 e. The van der Waals surface area contributed by atoms with E-state index >= 15 is 0 Å². The molecule has 3 rings (SSSR count). The lowest BCUT2D eigenvalue weighted by Gasteiger charge is -2.08. The second-order valence-corrected chi connectivity index (χ2v) is 9.73. The van der Waals surface area contributed by atoms with E-state index in [4.69, 9.17) is 4.74 Å². The van der Waals surface area contributed by atoms with Crippen LogP contribution in [0.2, 0.25) is 0 Å². The summed E-state index contributed by atoms with van der Waals surface area (Å²) in [6, 6.07) is 17.5. The van der Waals surface area contributed by atoms with Crippen molar-refractivity contribution < 1.29 is 4.74 Å². The molecule has 3 aromatic rings. The molecule has 1 heterocycles. The summed E-state index contributed by atoms with van der Waals surface area (Å²) >= 11 is 0. The van der Waals surface area contributed by atoms with Crippen LogP contribution in [0.4, 0.5) is 0 Å². The molecule has 0 aliphatic rings. The van der Waals surface area contributed by atoms with Crippen molar-refractivity contribution in [3.05, 3.63) is 77.6 Å². The maximum absolute atomic E-state index is 5.93. The third kappa shape index (κ3) is 10.2. The fourth-order valence-electron chi connectivity index (χ4n) is 4.37. The van der Waals surface area contributed by atoms with Crippen LogP contribution in [-0.4, -0.2) is 9.97 Å². The summed E-state index contributed by atoms with van der Waals surface area (Å²) in [6.07, 6.45) is 20.6. The molecule has 0 spiro atoms. The Morgan fingerprint density at radius 3 is 1.60 bits per heavy atom. The van der Waals surface area contributed by atoms with Gasteiger partial charge in [-0.2, -0.15) is 0 Å². The van der Waals surface area contributed by atoms with Gasteiger partial charge in [-0.05, 0) is 42.4 Å². The molecule has 0 saturated carbocycles. The molecule has 0 aliphatic heterocycles. The predicted molar refractivity (Wildman–Crippen MR) is 148 cm³/mol. The fourth-order valence-corrected chi connectivity index (χ4v) is 4.37. The van der Waals surface area contributed by atoms with E-state index in [9.17, 15) is 0 Å². The number of rotatable bonds is 17. The van der Waals surface area contributed by atoms with Crippen LogP contribution in [-0.2, 0) is 19.4 Å². The number of ether oxygens (including phenoxy) is 1. The normalized spacial score (nSPS) is 11.0. The first-order valence-corrected chi connectivity index (χ1v) is 13.9. The smallest absolute Gasteiger partial charge is 0.159 e. The molecule has 0 saturated heterocycles. The minimum absolute atomic E-state index is 0.535. The van der Waals surface area contributed by atoms with Gasteiger partial charge in [0.25, 0.3) is 0 Å². The van der Waals surface area contributed by atoms with Crippen molar-refractivity contribution in [1.82, 2.24) is 9.97 Å². The predicted octanol–water partition coefficient (Wildman–Crippen LogP) is 9.14. The monoisotopic (exact) mass is 472 g/mol. The van der Waals surface area contributed by atoms with E-state index < -0.39 is 0 Å². The zero-order chi connectivity index (χ0) is 24.6. The lowest BCUT2D eigenvalue weighted by molar-refractivity contribution is 0.303. The number of unbranched alkanes of at least 4 members (excludes halogenated alkanes) is 9. The van der Waals surface area contributed by atoms with Crippen LogP contribution < -0.4 is 4.74 Å². The van der Waals surface area contributed by atoms with Gasteiger partial charge >= 0.3 is 0 Å². The molecular formula is C32H44N2O.